The Hall–Kier alpha value is -2.86. The van der Waals surface area contributed by atoms with Gasteiger partial charge >= 0.3 is 5.69 Å². The van der Waals surface area contributed by atoms with E-state index in [1.807, 2.05) is 36.4 Å². The molecule has 2 saturated heterocycles. The zero-order valence-corrected chi connectivity index (χ0v) is 24.4. The molecule has 5 atom stereocenters. The Bertz CT molecular complexity index is 1360. The molecule has 9 nitrogen and oxygen atoms in total. The van der Waals surface area contributed by atoms with Gasteiger partial charge in [-0.15, -0.1) is 0 Å². The summed E-state index contributed by atoms with van der Waals surface area (Å²) >= 11 is 0. The van der Waals surface area contributed by atoms with Crippen LogP contribution in [0.4, 0.5) is 0 Å². The number of aromatic nitrogens is 2. The van der Waals surface area contributed by atoms with Gasteiger partial charge < -0.3 is 23.7 Å². The van der Waals surface area contributed by atoms with Crippen molar-refractivity contribution in [1.29, 1.82) is 0 Å². The summed E-state index contributed by atoms with van der Waals surface area (Å²) in [7, 11) is -2.90. The van der Waals surface area contributed by atoms with Crippen molar-refractivity contribution >= 4 is 18.7 Å². The Morgan fingerprint density at radius 1 is 1.05 bits per heavy atom. The number of ether oxygens (including phenoxy) is 3. The molecule has 2 aromatic carbocycles. The van der Waals surface area contributed by atoms with Crippen molar-refractivity contribution in [2.75, 3.05) is 19.8 Å². The van der Waals surface area contributed by atoms with Crippen molar-refractivity contribution in [2.24, 2.45) is 0 Å². The Kier molecular flexibility index (Phi) is 8.28. The van der Waals surface area contributed by atoms with E-state index in [2.05, 4.69) is 50.0 Å². The predicted octanol–water partition coefficient (Wildman–Crippen LogP) is 1.85. The van der Waals surface area contributed by atoms with Crippen LogP contribution in [0.25, 0.3) is 0 Å². The lowest BCUT2D eigenvalue weighted by atomic mass is 10.1. The summed E-state index contributed by atoms with van der Waals surface area (Å²) in [6, 6.07) is 20.5. The number of aliphatic hydroxyl groups is 1. The fourth-order valence-electron chi connectivity index (χ4n) is 5.81. The maximum atomic E-state index is 12.8. The molecule has 0 spiro atoms. The monoisotopic (exact) mass is 566 g/mol. The minimum absolute atomic E-state index is 0.0864. The predicted molar refractivity (Wildman–Crippen MR) is 154 cm³/mol. The van der Waals surface area contributed by atoms with Gasteiger partial charge in [-0.1, -0.05) is 81.4 Å². The van der Waals surface area contributed by atoms with Gasteiger partial charge in [-0.05, 0) is 28.8 Å². The smallest absolute Gasteiger partial charge is 0.330 e. The van der Waals surface area contributed by atoms with Crippen LogP contribution in [0.1, 0.15) is 39.0 Å². The maximum Gasteiger partial charge on any atom is 0.330 e. The number of hydrogen-bond acceptors (Lipinski definition) is 7. The maximum absolute atomic E-state index is 12.8. The van der Waals surface area contributed by atoms with E-state index in [0.29, 0.717) is 25.2 Å². The molecule has 2 aliphatic heterocycles. The Balaban J connectivity index is 1.50. The summed E-state index contributed by atoms with van der Waals surface area (Å²) in [5.41, 5.74) is -0.738. The first kappa shape index (κ1) is 28.7. The second-order valence-electron chi connectivity index (χ2n) is 11.6. The third-order valence-electron chi connectivity index (χ3n) is 7.85. The molecule has 3 aromatic rings. The Labute approximate surface area is 234 Å². The quantitative estimate of drug-likeness (QED) is 0.401. The van der Waals surface area contributed by atoms with E-state index in [9.17, 15) is 14.7 Å². The highest BCUT2D eigenvalue weighted by Gasteiger charge is 2.53. The highest BCUT2D eigenvalue weighted by molar-refractivity contribution is 6.99. The highest BCUT2D eigenvalue weighted by atomic mass is 28.4. The number of H-pyrrole nitrogens is 1. The minimum atomic E-state index is -2.90. The number of nitrogens with zero attached hydrogens (tertiary/aromatic N) is 1. The first-order valence-electron chi connectivity index (χ1n) is 13.8. The summed E-state index contributed by atoms with van der Waals surface area (Å²) in [5.74, 6) is 0. The fraction of sp³-hybridized carbons (Fsp3) is 0.467. The first-order valence-corrected chi connectivity index (χ1v) is 15.7. The third-order valence-corrected chi connectivity index (χ3v) is 12.9. The topological polar surface area (TPSA) is 112 Å². The van der Waals surface area contributed by atoms with Crippen LogP contribution in [0, 0.1) is 6.92 Å². The Morgan fingerprint density at radius 2 is 1.68 bits per heavy atom. The third kappa shape index (κ3) is 5.39. The van der Waals surface area contributed by atoms with Gasteiger partial charge in [0.25, 0.3) is 13.9 Å². The average Bonchev–Trinajstić information content (AvgIpc) is 3.56. The molecule has 10 heteroatoms. The van der Waals surface area contributed by atoms with Gasteiger partial charge in [0.1, 0.15) is 18.3 Å². The van der Waals surface area contributed by atoms with E-state index >= 15 is 0 Å². The Morgan fingerprint density at radius 3 is 2.23 bits per heavy atom. The normalized spacial score (nSPS) is 25.4. The van der Waals surface area contributed by atoms with Crippen molar-refractivity contribution in [3.05, 3.63) is 93.3 Å². The van der Waals surface area contributed by atoms with Crippen LogP contribution in [0.5, 0.6) is 0 Å². The van der Waals surface area contributed by atoms with Gasteiger partial charge in [-0.2, -0.15) is 0 Å². The lowest BCUT2D eigenvalue weighted by molar-refractivity contribution is -0.102. The molecule has 2 fully saturated rings. The van der Waals surface area contributed by atoms with E-state index < -0.39 is 44.1 Å². The van der Waals surface area contributed by atoms with Crippen LogP contribution >= 0.6 is 0 Å². The van der Waals surface area contributed by atoms with Crippen molar-refractivity contribution in [3.8, 4) is 0 Å². The molecular weight excluding hydrogens is 528 g/mol. The summed E-state index contributed by atoms with van der Waals surface area (Å²) in [5, 5.41) is 13.5. The molecule has 0 bridgehead atoms. The van der Waals surface area contributed by atoms with Gasteiger partial charge in [0.2, 0.25) is 0 Å². The molecule has 0 radical (unpaired) electrons. The first-order chi connectivity index (χ1) is 19.1. The van der Waals surface area contributed by atoms with Gasteiger partial charge in [-0.3, -0.25) is 14.3 Å². The molecule has 214 valence electrons. The largest absolute Gasteiger partial charge is 0.405 e. The van der Waals surface area contributed by atoms with E-state index in [4.69, 9.17) is 18.6 Å². The van der Waals surface area contributed by atoms with E-state index in [0.717, 1.165) is 10.4 Å². The van der Waals surface area contributed by atoms with Crippen molar-refractivity contribution in [1.82, 2.24) is 9.55 Å². The SMILES string of the molecule is Cc1cn([C@@H]2O[C@H](CO[Si](c3ccccc3)(c3ccccc3)C(C)(C)C)[C@@H](O)[C@H]2O[C@H]2CCOC2)c(=O)[nH]c1=O. The second kappa shape index (κ2) is 11.6. The van der Waals surface area contributed by atoms with Gasteiger partial charge in [0.05, 0.1) is 19.3 Å². The van der Waals surface area contributed by atoms with E-state index in [-0.39, 0.29) is 17.7 Å². The van der Waals surface area contributed by atoms with Crippen LogP contribution < -0.4 is 21.6 Å². The molecule has 0 saturated carbocycles. The molecule has 0 amide bonds. The van der Waals surface area contributed by atoms with Gasteiger partial charge in [-0.25, -0.2) is 4.79 Å². The molecule has 0 unspecified atom stereocenters. The minimum Gasteiger partial charge on any atom is -0.405 e. The van der Waals surface area contributed by atoms with Crippen LogP contribution in [-0.4, -0.2) is 67.2 Å². The average molecular weight is 567 g/mol. The summed E-state index contributed by atoms with van der Waals surface area (Å²) < 4.78 is 26.4. The number of aromatic amines is 1. The van der Waals surface area contributed by atoms with Gasteiger partial charge in [0, 0.05) is 18.4 Å². The molecular formula is C30H38N2O7Si. The molecule has 1 aromatic heterocycles. The lowest BCUT2D eigenvalue weighted by Gasteiger charge is -2.43. The van der Waals surface area contributed by atoms with Crippen LogP contribution in [0.15, 0.2) is 76.4 Å². The van der Waals surface area contributed by atoms with Crippen LogP contribution in [0.2, 0.25) is 5.04 Å². The second-order valence-corrected chi connectivity index (χ2v) is 15.9. The number of rotatable bonds is 8. The summed E-state index contributed by atoms with van der Waals surface area (Å²) in [6.07, 6.45) is -1.78. The molecule has 0 aliphatic carbocycles. The number of aliphatic hydroxyl groups excluding tert-OH is 1. The number of benzene rings is 2. The van der Waals surface area contributed by atoms with Crippen molar-refractivity contribution in [2.45, 2.75) is 69.8 Å². The van der Waals surface area contributed by atoms with Crippen LogP contribution in [0.3, 0.4) is 0 Å². The van der Waals surface area contributed by atoms with Gasteiger partial charge in [0.15, 0.2) is 6.23 Å². The zero-order chi connectivity index (χ0) is 28.5. The zero-order valence-electron chi connectivity index (χ0n) is 23.4. The number of hydrogen-bond donors (Lipinski definition) is 2. The molecule has 40 heavy (non-hydrogen) atoms. The molecule has 2 N–H and O–H groups in total. The standard InChI is InChI=1S/C30H38N2O7Si/c1-20-17-32(29(35)31-27(20)34)28-26(38-21-15-16-36-18-21)25(33)24(39-28)19-37-40(30(2,3)4,22-11-7-5-8-12-22)23-13-9-6-10-14-23/h5-14,17,21,24-26,28,33H,15-16,18-19H2,1-4H3,(H,31,34,35)/t21-,24+,25+,26+,28+/m0/s1. The molecule has 3 heterocycles. The van der Waals surface area contributed by atoms with Crippen molar-refractivity contribution < 1.29 is 23.7 Å². The number of nitrogens with one attached hydrogen (secondary N) is 1. The summed E-state index contributed by atoms with van der Waals surface area (Å²) in [6.45, 7) is 9.22. The number of aryl methyl sites for hydroxylation is 1. The highest BCUT2D eigenvalue weighted by Crippen LogP contribution is 2.39. The fourth-order valence-corrected chi connectivity index (χ4v) is 10.4. The molecule has 2 aliphatic rings. The van der Waals surface area contributed by atoms with Crippen LogP contribution in [-0.2, 0) is 18.6 Å². The van der Waals surface area contributed by atoms with E-state index in [1.165, 1.54) is 10.8 Å². The molecule has 5 rings (SSSR count). The summed E-state index contributed by atoms with van der Waals surface area (Å²) in [4.78, 5) is 27.2. The lowest BCUT2D eigenvalue weighted by Crippen LogP contribution is -2.67. The van der Waals surface area contributed by atoms with E-state index in [1.54, 1.807) is 6.92 Å². The van der Waals surface area contributed by atoms with Crippen molar-refractivity contribution in [3.63, 3.8) is 0 Å².